The van der Waals surface area contributed by atoms with Crippen LogP contribution in [0.1, 0.15) is 16.1 Å². The highest BCUT2D eigenvalue weighted by molar-refractivity contribution is 5.93. The van der Waals surface area contributed by atoms with Crippen LogP contribution in [0, 0.1) is 0 Å². The van der Waals surface area contributed by atoms with Gasteiger partial charge < -0.3 is 9.30 Å². The van der Waals surface area contributed by atoms with Gasteiger partial charge in [0.15, 0.2) is 0 Å². The molecule has 4 heterocycles. The number of imidazole rings is 1. The van der Waals surface area contributed by atoms with Gasteiger partial charge >= 0.3 is 0 Å². The van der Waals surface area contributed by atoms with Gasteiger partial charge in [0.25, 0.3) is 5.91 Å². The topological polar surface area (TPSA) is 53.7 Å². The largest absolute Gasteiger partial charge is 0.336 e. The van der Waals surface area contributed by atoms with Crippen LogP contribution >= 0.6 is 0 Å². The van der Waals surface area contributed by atoms with Gasteiger partial charge in [-0.05, 0) is 24.3 Å². The molecule has 0 atom stereocenters. The van der Waals surface area contributed by atoms with E-state index in [0.717, 1.165) is 44.1 Å². The summed E-state index contributed by atoms with van der Waals surface area (Å²) < 4.78 is 2.04. The number of hydrogen-bond donors (Lipinski definition) is 0. The number of pyridine rings is 2. The fraction of sp³-hybridized carbons (Fsp3) is 0.278. The van der Waals surface area contributed by atoms with Crippen molar-refractivity contribution in [1.29, 1.82) is 0 Å². The van der Waals surface area contributed by atoms with E-state index in [0.29, 0.717) is 5.56 Å². The van der Waals surface area contributed by atoms with Gasteiger partial charge in [0.1, 0.15) is 5.65 Å². The molecule has 0 saturated carbocycles. The Kier molecular flexibility index (Phi) is 3.96. The fourth-order valence-electron chi connectivity index (χ4n) is 3.07. The van der Waals surface area contributed by atoms with Crippen LogP contribution in [0.4, 0.5) is 0 Å². The van der Waals surface area contributed by atoms with Crippen LogP contribution in [0.25, 0.3) is 5.65 Å². The van der Waals surface area contributed by atoms with Gasteiger partial charge in [-0.3, -0.25) is 14.7 Å². The highest BCUT2D eigenvalue weighted by Gasteiger charge is 2.22. The van der Waals surface area contributed by atoms with Crippen molar-refractivity contribution < 1.29 is 4.79 Å². The molecule has 0 N–H and O–H groups in total. The minimum absolute atomic E-state index is 0.0653. The Morgan fingerprint density at radius 3 is 2.71 bits per heavy atom. The number of piperazine rings is 1. The minimum atomic E-state index is 0.0653. The predicted molar refractivity (Wildman–Crippen MR) is 90.6 cm³/mol. The normalized spacial score (nSPS) is 15.8. The van der Waals surface area contributed by atoms with E-state index in [1.807, 2.05) is 39.8 Å². The molecule has 0 bridgehead atoms. The van der Waals surface area contributed by atoms with Crippen LogP contribution < -0.4 is 0 Å². The van der Waals surface area contributed by atoms with Gasteiger partial charge in [0.2, 0.25) is 0 Å². The second-order valence-corrected chi connectivity index (χ2v) is 6.01. The molecule has 24 heavy (non-hydrogen) atoms. The summed E-state index contributed by atoms with van der Waals surface area (Å²) in [6, 6.07) is 9.62. The molecule has 122 valence electrons. The second-order valence-electron chi connectivity index (χ2n) is 6.01. The molecule has 0 unspecified atom stereocenters. The van der Waals surface area contributed by atoms with E-state index < -0.39 is 0 Å². The molecule has 6 nitrogen and oxygen atoms in total. The maximum atomic E-state index is 12.4. The number of rotatable bonds is 3. The summed E-state index contributed by atoms with van der Waals surface area (Å²) in [7, 11) is 0. The van der Waals surface area contributed by atoms with Crippen LogP contribution in [0.5, 0.6) is 0 Å². The number of nitrogens with zero attached hydrogens (tertiary/aromatic N) is 5. The molecule has 0 aromatic carbocycles. The first-order valence-corrected chi connectivity index (χ1v) is 8.14. The van der Waals surface area contributed by atoms with Crippen molar-refractivity contribution in [2.75, 3.05) is 26.2 Å². The van der Waals surface area contributed by atoms with E-state index >= 15 is 0 Å². The van der Waals surface area contributed by atoms with Gasteiger partial charge in [-0.25, -0.2) is 4.98 Å². The first-order valence-electron chi connectivity index (χ1n) is 8.14. The van der Waals surface area contributed by atoms with Gasteiger partial charge in [-0.1, -0.05) is 6.07 Å². The molecule has 3 aromatic heterocycles. The second kappa shape index (κ2) is 6.41. The Bertz CT molecular complexity index is 804. The monoisotopic (exact) mass is 321 g/mol. The maximum absolute atomic E-state index is 12.4. The van der Waals surface area contributed by atoms with E-state index in [-0.39, 0.29) is 5.91 Å². The Labute approximate surface area is 140 Å². The average molecular weight is 321 g/mol. The zero-order valence-electron chi connectivity index (χ0n) is 13.4. The predicted octanol–water partition coefficient (Wildman–Crippen LogP) is 1.69. The molecule has 0 radical (unpaired) electrons. The smallest absolute Gasteiger partial charge is 0.255 e. The molecule has 0 spiro atoms. The van der Waals surface area contributed by atoms with Crippen molar-refractivity contribution in [2.45, 2.75) is 6.54 Å². The summed E-state index contributed by atoms with van der Waals surface area (Å²) in [6.07, 6.45) is 7.40. The standard InChI is InChI=1S/C18H19N5O/c24-18(15-4-3-6-19-12-15)22-10-8-21(9-11-22)13-16-14-23-7-2-1-5-17(23)20-16/h1-7,12,14H,8-11,13H2. The third-order valence-electron chi connectivity index (χ3n) is 4.37. The first kappa shape index (κ1) is 14.8. The third kappa shape index (κ3) is 3.00. The number of carbonyl (C=O) groups is 1. The van der Waals surface area contributed by atoms with Gasteiger partial charge in [-0.15, -0.1) is 0 Å². The summed E-state index contributed by atoms with van der Waals surface area (Å²) in [6.45, 7) is 4.01. The Balaban J connectivity index is 1.37. The van der Waals surface area contributed by atoms with E-state index in [9.17, 15) is 4.79 Å². The van der Waals surface area contributed by atoms with E-state index in [1.54, 1.807) is 18.5 Å². The molecule has 6 heteroatoms. The highest BCUT2D eigenvalue weighted by Crippen LogP contribution is 2.12. The first-order chi connectivity index (χ1) is 11.8. The van der Waals surface area contributed by atoms with Crippen LogP contribution in [0.2, 0.25) is 0 Å². The zero-order valence-corrected chi connectivity index (χ0v) is 13.4. The van der Waals surface area contributed by atoms with Crippen LogP contribution in [-0.2, 0) is 6.54 Å². The molecule has 0 aliphatic carbocycles. The Hall–Kier alpha value is -2.73. The molecule has 4 rings (SSSR count). The lowest BCUT2D eigenvalue weighted by Crippen LogP contribution is -2.48. The van der Waals surface area contributed by atoms with E-state index in [4.69, 9.17) is 0 Å². The Morgan fingerprint density at radius 1 is 1.08 bits per heavy atom. The lowest BCUT2D eigenvalue weighted by Gasteiger charge is -2.34. The summed E-state index contributed by atoms with van der Waals surface area (Å²) in [5.41, 5.74) is 2.69. The van der Waals surface area contributed by atoms with Crippen molar-refractivity contribution in [3.63, 3.8) is 0 Å². The van der Waals surface area contributed by atoms with Crippen LogP contribution in [0.3, 0.4) is 0 Å². The zero-order chi connectivity index (χ0) is 16.4. The molecule has 1 fully saturated rings. The fourth-order valence-corrected chi connectivity index (χ4v) is 3.07. The molecule has 1 aliphatic rings. The number of amides is 1. The summed E-state index contributed by atoms with van der Waals surface area (Å²) in [5, 5.41) is 0. The minimum Gasteiger partial charge on any atom is -0.336 e. The van der Waals surface area contributed by atoms with E-state index in [2.05, 4.69) is 21.1 Å². The van der Waals surface area contributed by atoms with Crippen molar-refractivity contribution in [3.05, 3.63) is 66.4 Å². The van der Waals surface area contributed by atoms with E-state index in [1.165, 1.54) is 0 Å². The van der Waals surface area contributed by atoms with Gasteiger partial charge in [0.05, 0.1) is 11.3 Å². The number of fused-ring (bicyclic) bond motifs is 1. The molecular formula is C18H19N5O. The number of aromatic nitrogens is 3. The quantitative estimate of drug-likeness (QED) is 0.737. The molecule has 1 saturated heterocycles. The average Bonchev–Trinajstić information content (AvgIpc) is 3.05. The highest BCUT2D eigenvalue weighted by atomic mass is 16.2. The molecule has 3 aromatic rings. The van der Waals surface area contributed by atoms with Gasteiger partial charge in [0, 0.05) is 57.5 Å². The van der Waals surface area contributed by atoms with Crippen molar-refractivity contribution in [1.82, 2.24) is 24.2 Å². The SMILES string of the molecule is O=C(c1cccnc1)N1CCN(Cc2cn3ccccc3n2)CC1. The molecule has 1 amide bonds. The van der Waals surface area contributed by atoms with Gasteiger partial charge in [-0.2, -0.15) is 0 Å². The summed E-state index contributed by atoms with van der Waals surface area (Å²) in [5.74, 6) is 0.0653. The van der Waals surface area contributed by atoms with Crippen molar-refractivity contribution >= 4 is 11.6 Å². The van der Waals surface area contributed by atoms with Crippen molar-refractivity contribution in [2.24, 2.45) is 0 Å². The third-order valence-corrected chi connectivity index (χ3v) is 4.37. The molecular weight excluding hydrogens is 302 g/mol. The summed E-state index contributed by atoms with van der Waals surface area (Å²) in [4.78, 5) is 25.3. The van der Waals surface area contributed by atoms with Crippen LogP contribution in [0.15, 0.2) is 55.1 Å². The Morgan fingerprint density at radius 2 is 1.96 bits per heavy atom. The lowest BCUT2D eigenvalue weighted by atomic mass is 10.2. The molecule has 1 aliphatic heterocycles. The maximum Gasteiger partial charge on any atom is 0.255 e. The van der Waals surface area contributed by atoms with Crippen LogP contribution in [-0.4, -0.2) is 56.3 Å². The summed E-state index contributed by atoms with van der Waals surface area (Å²) >= 11 is 0. The van der Waals surface area contributed by atoms with Crippen molar-refractivity contribution in [3.8, 4) is 0 Å². The lowest BCUT2D eigenvalue weighted by molar-refractivity contribution is 0.0627. The number of carbonyl (C=O) groups excluding carboxylic acids is 1. The number of hydrogen-bond acceptors (Lipinski definition) is 4.